The van der Waals surface area contributed by atoms with E-state index >= 15 is 0 Å². The molecule has 1 saturated carbocycles. The van der Waals surface area contributed by atoms with E-state index in [1.807, 2.05) is 18.2 Å². The monoisotopic (exact) mass is 566 g/mol. The predicted octanol–water partition coefficient (Wildman–Crippen LogP) is 3.91. The fourth-order valence-corrected chi connectivity index (χ4v) is 5.37. The molecule has 214 valence electrons. The average molecular weight is 567 g/mol. The second-order valence-corrected chi connectivity index (χ2v) is 10.3. The van der Waals surface area contributed by atoms with Crippen LogP contribution in [0.5, 0.6) is 23.0 Å². The van der Waals surface area contributed by atoms with Crippen molar-refractivity contribution in [3.63, 3.8) is 0 Å². The summed E-state index contributed by atoms with van der Waals surface area (Å²) in [5.41, 5.74) is 1.03. The third-order valence-corrected chi connectivity index (χ3v) is 7.75. The minimum atomic E-state index is -3.75. The van der Waals surface area contributed by atoms with E-state index in [4.69, 9.17) is 9.47 Å². The van der Waals surface area contributed by atoms with Crippen LogP contribution in [-0.4, -0.2) is 43.0 Å². The molecule has 1 unspecified atom stereocenters. The lowest BCUT2D eigenvalue weighted by molar-refractivity contribution is -0.286. The van der Waals surface area contributed by atoms with Gasteiger partial charge in [0, 0.05) is 18.1 Å². The fourth-order valence-electron chi connectivity index (χ4n) is 5.37. The van der Waals surface area contributed by atoms with E-state index in [9.17, 15) is 23.5 Å². The second kappa shape index (κ2) is 10.2. The van der Waals surface area contributed by atoms with Crippen LogP contribution in [0.25, 0.3) is 0 Å². The number of amides is 2. The topological polar surface area (TPSA) is 115 Å². The quantitative estimate of drug-likeness (QED) is 0.379. The number of aliphatic hydroxyl groups is 1. The number of halogens is 2. The molecule has 0 bridgehead atoms. The van der Waals surface area contributed by atoms with E-state index in [0.717, 1.165) is 5.56 Å². The fraction of sp³-hybridized carbons (Fsp3) is 0.333. The molecule has 2 aliphatic heterocycles. The summed E-state index contributed by atoms with van der Waals surface area (Å²) in [7, 11) is 1.51. The number of carbonyl (C=O) groups excluding carboxylic acids is 2. The van der Waals surface area contributed by atoms with E-state index < -0.39 is 35.8 Å². The number of alkyl halides is 2. The Morgan fingerprint density at radius 3 is 2.49 bits per heavy atom. The smallest absolute Gasteiger partial charge is 0.497 e. The van der Waals surface area contributed by atoms with Gasteiger partial charge >= 0.3 is 6.29 Å². The maximum Gasteiger partial charge on any atom is 0.586 e. The molecule has 0 radical (unpaired) electrons. The zero-order valence-electron chi connectivity index (χ0n) is 22.1. The molecule has 1 aliphatic carbocycles. The first-order valence-corrected chi connectivity index (χ1v) is 13.2. The molecular weight excluding hydrogens is 538 g/mol. The van der Waals surface area contributed by atoms with Gasteiger partial charge in [-0.2, -0.15) is 0 Å². The van der Waals surface area contributed by atoms with Crippen LogP contribution in [0.3, 0.4) is 0 Å². The first-order chi connectivity index (χ1) is 19.7. The number of benzene rings is 3. The number of methoxy groups -OCH3 is 1. The Balaban J connectivity index is 1.23. The molecule has 41 heavy (non-hydrogen) atoms. The van der Waals surface area contributed by atoms with Gasteiger partial charge in [0.25, 0.3) is 5.91 Å². The molecule has 3 atom stereocenters. The van der Waals surface area contributed by atoms with Crippen molar-refractivity contribution in [1.29, 1.82) is 0 Å². The zero-order chi connectivity index (χ0) is 28.8. The molecule has 0 saturated heterocycles. The summed E-state index contributed by atoms with van der Waals surface area (Å²) in [5.74, 6) is -0.0527. The molecular formula is C30H28F2N2O7. The van der Waals surface area contributed by atoms with Crippen LogP contribution in [0.2, 0.25) is 0 Å². The lowest BCUT2D eigenvalue weighted by Crippen LogP contribution is -2.47. The van der Waals surface area contributed by atoms with Crippen molar-refractivity contribution in [1.82, 2.24) is 10.6 Å². The van der Waals surface area contributed by atoms with Gasteiger partial charge in [0.2, 0.25) is 5.91 Å². The second-order valence-electron chi connectivity index (χ2n) is 10.3. The first kappa shape index (κ1) is 26.8. The highest BCUT2D eigenvalue weighted by molar-refractivity contribution is 5.92. The van der Waals surface area contributed by atoms with E-state index in [0.29, 0.717) is 35.5 Å². The molecule has 11 heteroatoms. The van der Waals surface area contributed by atoms with Crippen LogP contribution < -0.4 is 29.6 Å². The highest BCUT2D eigenvalue weighted by Crippen LogP contribution is 2.52. The van der Waals surface area contributed by atoms with Crippen molar-refractivity contribution in [2.75, 3.05) is 13.7 Å². The third-order valence-electron chi connectivity index (χ3n) is 7.75. The molecule has 3 aliphatic rings. The Morgan fingerprint density at radius 2 is 1.78 bits per heavy atom. The molecule has 2 amide bonds. The molecule has 2 heterocycles. The molecule has 3 N–H and O–H groups in total. The number of hydrogen-bond donors (Lipinski definition) is 3. The van der Waals surface area contributed by atoms with Gasteiger partial charge in [0.15, 0.2) is 17.6 Å². The highest BCUT2D eigenvalue weighted by Gasteiger charge is 2.53. The Bertz CT molecular complexity index is 1480. The number of fused-ring (bicyclic) bond motifs is 2. The number of carbonyl (C=O) groups is 2. The van der Waals surface area contributed by atoms with Crippen molar-refractivity contribution in [3.8, 4) is 23.0 Å². The van der Waals surface area contributed by atoms with Gasteiger partial charge in [-0.1, -0.05) is 36.4 Å². The predicted molar refractivity (Wildman–Crippen MR) is 141 cm³/mol. The minimum Gasteiger partial charge on any atom is -0.497 e. The van der Waals surface area contributed by atoms with Gasteiger partial charge in [-0.15, -0.1) is 8.78 Å². The molecule has 9 nitrogen and oxygen atoms in total. The van der Waals surface area contributed by atoms with Gasteiger partial charge in [-0.25, -0.2) is 0 Å². The molecule has 0 aromatic heterocycles. The molecule has 6 rings (SSSR count). The van der Waals surface area contributed by atoms with Gasteiger partial charge in [-0.3, -0.25) is 9.59 Å². The van der Waals surface area contributed by atoms with Crippen LogP contribution >= 0.6 is 0 Å². The summed E-state index contributed by atoms with van der Waals surface area (Å²) in [6.45, 7) is -0.308. The van der Waals surface area contributed by atoms with E-state index in [1.165, 1.54) is 19.2 Å². The normalized spacial score (nSPS) is 21.6. The molecule has 3 aromatic carbocycles. The minimum absolute atomic E-state index is 0.0900. The Hall–Kier alpha value is -4.38. The van der Waals surface area contributed by atoms with Crippen LogP contribution in [0, 0.1) is 0 Å². The van der Waals surface area contributed by atoms with E-state index in [1.54, 1.807) is 36.4 Å². The van der Waals surface area contributed by atoms with Crippen molar-refractivity contribution in [2.45, 2.75) is 49.2 Å². The zero-order valence-corrected chi connectivity index (χ0v) is 22.1. The van der Waals surface area contributed by atoms with E-state index in [-0.39, 0.29) is 30.4 Å². The summed E-state index contributed by atoms with van der Waals surface area (Å²) in [6, 6.07) is 17.4. The van der Waals surface area contributed by atoms with Crippen LogP contribution in [0.15, 0.2) is 66.7 Å². The molecule has 3 aromatic rings. The van der Waals surface area contributed by atoms with Gasteiger partial charge in [-0.05, 0) is 48.2 Å². The van der Waals surface area contributed by atoms with E-state index in [2.05, 4.69) is 20.1 Å². The van der Waals surface area contributed by atoms with Crippen molar-refractivity contribution < 1.29 is 42.4 Å². The maximum absolute atomic E-state index is 13.7. The summed E-state index contributed by atoms with van der Waals surface area (Å²) in [5, 5.41) is 15.8. The van der Waals surface area contributed by atoms with Gasteiger partial charge in [0.05, 0.1) is 31.2 Å². The summed E-state index contributed by atoms with van der Waals surface area (Å²) >= 11 is 0. The first-order valence-electron chi connectivity index (χ1n) is 13.2. The summed E-state index contributed by atoms with van der Waals surface area (Å²) < 4.78 is 47.6. The number of ether oxygens (including phenoxy) is 4. The number of hydrogen-bond acceptors (Lipinski definition) is 7. The van der Waals surface area contributed by atoms with Crippen molar-refractivity contribution in [3.05, 3.63) is 83.4 Å². The Labute approximate surface area is 234 Å². The largest absolute Gasteiger partial charge is 0.586 e. The van der Waals surface area contributed by atoms with Crippen molar-refractivity contribution >= 4 is 11.8 Å². The Morgan fingerprint density at radius 1 is 1.02 bits per heavy atom. The SMILES string of the molecule is COc1ccc2c(c1)O[C@@H](C(=O)NC(CO)c1ccccc1)C[C@@H]2NC(=O)C1(c2ccc3c(c2)OC(F)(F)O3)CC1. The standard InChI is InChI=1S/C30H28F2N2O7/c1-38-19-8-9-20-21(15-26(39-24(20)14-19)27(36)33-22(16-35)17-5-3-2-4-6-17)34-28(37)29(11-12-29)18-7-10-23-25(13-18)41-30(31,32)40-23/h2-10,13-14,21-22,26,35H,11-12,15-16H2,1H3,(H,33,36)(H,34,37)/t21-,22?,26+/m0/s1. The van der Waals surface area contributed by atoms with Crippen LogP contribution in [0.1, 0.15) is 48.0 Å². The maximum atomic E-state index is 13.7. The van der Waals surface area contributed by atoms with Crippen molar-refractivity contribution in [2.24, 2.45) is 0 Å². The molecule has 0 spiro atoms. The summed E-state index contributed by atoms with van der Waals surface area (Å²) in [6.07, 6.45) is -3.55. The number of rotatable bonds is 8. The third kappa shape index (κ3) is 5.13. The highest BCUT2D eigenvalue weighted by atomic mass is 19.3. The lowest BCUT2D eigenvalue weighted by atomic mass is 9.91. The number of aliphatic hydroxyl groups excluding tert-OH is 1. The average Bonchev–Trinajstić information content (AvgIpc) is 3.72. The summed E-state index contributed by atoms with van der Waals surface area (Å²) in [4.78, 5) is 27.1. The van der Waals surface area contributed by atoms with Gasteiger partial charge in [0.1, 0.15) is 11.5 Å². The van der Waals surface area contributed by atoms with Gasteiger partial charge < -0.3 is 34.7 Å². The lowest BCUT2D eigenvalue weighted by Gasteiger charge is -2.34. The molecule has 1 fully saturated rings. The van der Waals surface area contributed by atoms with Crippen LogP contribution in [0.4, 0.5) is 8.78 Å². The number of nitrogens with one attached hydrogen (secondary N) is 2. The van der Waals surface area contributed by atoms with Crippen LogP contribution in [-0.2, 0) is 15.0 Å². The Kier molecular flexibility index (Phi) is 6.69.